The number of halogens is 1. The van der Waals surface area contributed by atoms with Gasteiger partial charge < -0.3 is 0 Å². The van der Waals surface area contributed by atoms with Gasteiger partial charge in [0.25, 0.3) is 0 Å². The summed E-state index contributed by atoms with van der Waals surface area (Å²) in [6, 6.07) is 17.7. The molecule has 0 bridgehead atoms. The van der Waals surface area contributed by atoms with E-state index in [-0.39, 0.29) is 5.78 Å². The number of aromatic nitrogens is 1. The van der Waals surface area contributed by atoms with Crippen LogP contribution in [-0.2, 0) is 0 Å². The fourth-order valence-corrected chi connectivity index (χ4v) is 3.41. The molecule has 0 aliphatic carbocycles. The molecule has 0 spiro atoms. The molecule has 0 saturated heterocycles. The molecule has 3 aromatic rings. The molecule has 0 N–H and O–H groups in total. The molecule has 2 nitrogen and oxygen atoms in total. The maximum Gasteiger partial charge on any atom is 0.174 e. The summed E-state index contributed by atoms with van der Waals surface area (Å²) in [5, 5.41) is 0.996. The van der Waals surface area contributed by atoms with Gasteiger partial charge in [-0.1, -0.05) is 40.2 Å². The third kappa shape index (κ3) is 3.52. The van der Waals surface area contributed by atoms with Crippen molar-refractivity contribution in [2.45, 2.75) is 4.90 Å². The summed E-state index contributed by atoms with van der Waals surface area (Å²) in [5.74, 6) is 0.509. The number of carbonyl (C=O) groups is 1. The van der Waals surface area contributed by atoms with E-state index in [0.29, 0.717) is 11.3 Å². The first-order valence-corrected chi connectivity index (χ1v) is 8.26. The van der Waals surface area contributed by atoms with Gasteiger partial charge in [0.2, 0.25) is 0 Å². The number of carbonyl (C=O) groups excluding carboxylic acids is 1. The van der Waals surface area contributed by atoms with Crippen LogP contribution in [0.3, 0.4) is 0 Å². The van der Waals surface area contributed by atoms with Crippen LogP contribution in [0, 0.1) is 0 Å². The monoisotopic (exact) mass is 357 g/mol. The molecule has 1 aromatic heterocycles. The molecule has 0 aliphatic heterocycles. The highest BCUT2D eigenvalue weighted by molar-refractivity contribution is 9.10. The summed E-state index contributed by atoms with van der Waals surface area (Å²) in [5.41, 5.74) is 1.57. The van der Waals surface area contributed by atoms with Crippen molar-refractivity contribution in [3.05, 3.63) is 70.8 Å². The van der Waals surface area contributed by atoms with Crippen molar-refractivity contribution in [3.63, 3.8) is 0 Å². The summed E-state index contributed by atoms with van der Waals surface area (Å²) in [4.78, 5) is 17.7. The number of hydrogen-bond donors (Lipinski definition) is 0. The number of hydrogen-bond acceptors (Lipinski definition) is 3. The van der Waals surface area contributed by atoms with Crippen LogP contribution in [0.2, 0.25) is 0 Å². The molecular formula is C17H12BrNOS. The summed E-state index contributed by atoms with van der Waals surface area (Å²) >= 11 is 4.97. The van der Waals surface area contributed by atoms with Gasteiger partial charge in [0.05, 0.1) is 11.3 Å². The van der Waals surface area contributed by atoms with Crippen molar-refractivity contribution in [2.24, 2.45) is 0 Å². The number of para-hydroxylation sites is 1. The largest absolute Gasteiger partial charge is 0.293 e. The second kappa shape index (κ2) is 6.41. The standard InChI is InChI=1S/C17H12BrNOS/c18-14-5-3-6-15(9-14)21-11-17(20)13-8-12-4-1-2-7-16(12)19-10-13/h1-10H,11H2. The Hall–Kier alpha value is -1.65. The van der Waals surface area contributed by atoms with E-state index in [2.05, 4.69) is 20.9 Å². The average Bonchev–Trinajstić information content (AvgIpc) is 2.52. The van der Waals surface area contributed by atoms with Crippen LogP contribution in [0.15, 0.2) is 70.2 Å². The summed E-state index contributed by atoms with van der Waals surface area (Å²) < 4.78 is 1.02. The number of benzene rings is 2. The molecule has 4 heteroatoms. The SMILES string of the molecule is O=C(CSc1cccc(Br)c1)c1cnc2ccccc2c1. The third-order valence-electron chi connectivity index (χ3n) is 3.08. The molecule has 0 saturated carbocycles. The third-order valence-corrected chi connectivity index (χ3v) is 4.57. The zero-order valence-electron chi connectivity index (χ0n) is 11.1. The van der Waals surface area contributed by atoms with Crippen molar-refractivity contribution in [1.82, 2.24) is 4.98 Å². The van der Waals surface area contributed by atoms with E-state index in [0.717, 1.165) is 20.3 Å². The summed E-state index contributed by atoms with van der Waals surface area (Å²) in [6.07, 6.45) is 1.66. The molecule has 21 heavy (non-hydrogen) atoms. The average molecular weight is 358 g/mol. The first kappa shape index (κ1) is 14.3. The summed E-state index contributed by atoms with van der Waals surface area (Å²) in [7, 11) is 0. The van der Waals surface area contributed by atoms with E-state index < -0.39 is 0 Å². The molecule has 0 atom stereocenters. The van der Waals surface area contributed by atoms with E-state index in [1.54, 1.807) is 6.20 Å². The number of fused-ring (bicyclic) bond motifs is 1. The van der Waals surface area contributed by atoms with Gasteiger partial charge in [0.1, 0.15) is 0 Å². The Bertz CT molecular complexity index is 803. The molecule has 0 amide bonds. The maximum atomic E-state index is 12.3. The quantitative estimate of drug-likeness (QED) is 0.487. The first-order valence-electron chi connectivity index (χ1n) is 6.49. The van der Waals surface area contributed by atoms with E-state index in [1.165, 1.54) is 11.8 Å². The number of pyridine rings is 1. The molecule has 2 aromatic carbocycles. The minimum atomic E-state index is 0.0956. The second-order valence-corrected chi connectivity index (χ2v) is 6.55. The van der Waals surface area contributed by atoms with Gasteiger partial charge in [0.15, 0.2) is 5.78 Å². The van der Waals surface area contributed by atoms with E-state index in [9.17, 15) is 4.79 Å². The van der Waals surface area contributed by atoms with E-state index in [1.807, 2.05) is 54.6 Å². The zero-order valence-corrected chi connectivity index (χ0v) is 13.5. The Labute approximate surface area is 135 Å². The fourth-order valence-electron chi connectivity index (χ4n) is 2.01. The van der Waals surface area contributed by atoms with Crippen molar-refractivity contribution >= 4 is 44.4 Å². The molecular weight excluding hydrogens is 346 g/mol. The highest BCUT2D eigenvalue weighted by Gasteiger charge is 2.08. The Balaban J connectivity index is 1.74. The zero-order chi connectivity index (χ0) is 14.7. The highest BCUT2D eigenvalue weighted by atomic mass is 79.9. The van der Waals surface area contributed by atoms with Gasteiger partial charge in [-0.25, -0.2) is 0 Å². The molecule has 1 heterocycles. The van der Waals surface area contributed by atoms with Crippen LogP contribution in [-0.4, -0.2) is 16.5 Å². The molecule has 3 rings (SSSR count). The second-order valence-electron chi connectivity index (χ2n) is 4.59. The Kier molecular flexibility index (Phi) is 4.36. The molecule has 104 valence electrons. The lowest BCUT2D eigenvalue weighted by atomic mass is 10.1. The lowest BCUT2D eigenvalue weighted by Gasteiger charge is -2.03. The van der Waals surface area contributed by atoms with Crippen LogP contribution in [0.5, 0.6) is 0 Å². The Morgan fingerprint density at radius 2 is 1.95 bits per heavy atom. The molecule has 0 aliphatic rings. The minimum absolute atomic E-state index is 0.0956. The predicted molar refractivity (Wildman–Crippen MR) is 90.9 cm³/mol. The van der Waals surface area contributed by atoms with Gasteiger partial charge in [-0.2, -0.15) is 0 Å². The number of ketones is 1. The number of Topliss-reactive ketones (excluding diaryl/α,β-unsaturated/α-hetero) is 1. The maximum absolute atomic E-state index is 12.3. The van der Waals surface area contributed by atoms with Crippen LogP contribution in [0.4, 0.5) is 0 Å². The van der Waals surface area contributed by atoms with Crippen molar-refractivity contribution < 1.29 is 4.79 Å². The normalized spacial score (nSPS) is 10.7. The predicted octanol–water partition coefficient (Wildman–Crippen LogP) is 4.97. The Morgan fingerprint density at radius 3 is 2.81 bits per heavy atom. The fraction of sp³-hybridized carbons (Fsp3) is 0.0588. The highest BCUT2D eigenvalue weighted by Crippen LogP contribution is 2.23. The molecule has 0 radical (unpaired) electrons. The van der Waals surface area contributed by atoms with Gasteiger partial charge in [-0.3, -0.25) is 9.78 Å². The van der Waals surface area contributed by atoms with Gasteiger partial charge >= 0.3 is 0 Å². The summed E-state index contributed by atoms with van der Waals surface area (Å²) in [6.45, 7) is 0. The minimum Gasteiger partial charge on any atom is -0.293 e. The lowest BCUT2D eigenvalue weighted by molar-refractivity contribution is 0.102. The number of nitrogens with zero attached hydrogens (tertiary/aromatic N) is 1. The van der Waals surface area contributed by atoms with E-state index in [4.69, 9.17) is 0 Å². The van der Waals surface area contributed by atoms with Gasteiger partial charge in [-0.05, 0) is 30.3 Å². The van der Waals surface area contributed by atoms with Crippen molar-refractivity contribution in [3.8, 4) is 0 Å². The smallest absolute Gasteiger partial charge is 0.174 e. The molecule has 0 unspecified atom stereocenters. The lowest BCUT2D eigenvalue weighted by Crippen LogP contribution is -2.03. The number of rotatable bonds is 4. The van der Waals surface area contributed by atoms with E-state index >= 15 is 0 Å². The Morgan fingerprint density at radius 1 is 1.10 bits per heavy atom. The topological polar surface area (TPSA) is 30.0 Å². The van der Waals surface area contributed by atoms with Gasteiger partial charge in [0, 0.05) is 26.5 Å². The van der Waals surface area contributed by atoms with Crippen LogP contribution in [0.1, 0.15) is 10.4 Å². The molecule has 0 fully saturated rings. The number of thioether (sulfide) groups is 1. The van der Waals surface area contributed by atoms with Crippen LogP contribution >= 0.6 is 27.7 Å². The van der Waals surface area contributed by atoms with Gasteiger partial charge in [-0.15, -0.1) is 11.8 Å². The van der Waals surface area contributed by atoms with Crippen LogP contribution in [0.25, 0.3) is 10.9 Å². The first-order chi connectivity index (χ1) is 10.2. The van der Waals surface area contributed by atoms with Crippen molar-refractivity contribution in [1.29, 1.82) is 0 Å². The van der Waals surface area contributed by atoms with Crippen LogP contribution < -0.4 is 0 Å². The van der Waals surface area contributed by atoms with Crippen molar-refractivity contribution in [2.75, 3.05) is 5.75 Å².